The number of nitrogens with zero attached hydrogens (tertiary/aromatic N) is 1. The summed E-state index contributed by atoms with van der Waals surface area (Å²) in [5.41, 5.74) is 3.25. The molecule has 0 aliphatic heterocycles. The molecule has 1 saturated carbocycles. The quantitative estimate of drug-likeness (QED) is 0.879. The fraction of sp³-hybridized carbons (Fsp3) is 0.286. The molecular weight excluding hydrogens is 294 g/mol. The Morgan fingerprint density at radius 3 is 3.06 bits per heavy atom. The SMILES string of the molecule is O=C(O)c1c2c(nc3cc(Br)ccc13)C1CC1C2. The monoisotopic (exact) mass is 303 g/mol. The van der Waals surface area contributed by atoms with Crippen molar-refractivity contribution in [2.75, 3.05) is 0 Å². The molecule has 1 N–H and O–H groups in total. The van der Waals surface area contributed by atoms with E-state index >= 15 is 0 Å². The molecule has 1 aromatic carbocycles. The zero-order chi connectivity index (χ0) is 12.4. The molecule has 18 heavy (non-hydrogen) atoms. The molecule has 2 aliphatic rings. The molecule has 2 aromatic rings. The van der Waals surface area contributed by atoms with Crippen LogP contribution in [0.5, 0.6) is 0 Å². The average Bonchev–Trinajstić information content (AvgIpc) is 3.00. The van der Waals surface area contributed by atoms with Crippen LogP contribution in [0.3, 0.4) is 0 Å². The number of carboxylic acid groups (broad SMARTS) is 1. The first-order valence-corrected chi connectivity index (χ1v) is 6.80. The van der Waals surface area contributed by atoms with Gasteiger partial charge in [-0.2, -0.15) is 0 Å². The first kappa shape index (κ1) is 10.5. The van der Waals surface area contributed by atoms with Crippen LogP contribution in [0.2, 0.25) is 0 Å². The summed E-state index contributed by atoms with van der Waals surface area (Å²) in [6.45, 7) is 0. The predicted molar refractivity (Wildman–Crippen MR) is 71.0 cm³/mol. The second-order valence-electron chi connectivity index (χ2n) is 5.12. The van der Waals surface area contributed by atoms with Crippen LogP contribution in [0.1, 0.15) is 34.0 Å². The van der Waals surface area contributed by atoms with Crippen molar-refractivity contribution in [1.29, 1.82) is 0 Å². The first-order valence-electron chi connectivity index (χ1n) is 6.00. The molecule has 4 heteroatoms. The molecule has 0 radical (unpaired) electrons. The van der Waals surface area contributed by atoms with Gasteiger partial charge in [0, 0.05) is 21.5 Å². The Kier molecular flexibility index (Phi) is 1.94. The predicted octanol–water partition coefficient (Wildman–Crippen LogP) is 3.36. The van der Waals surface area contributed by atoms with E-state index in [-0.39, 0.29) is 0 Å². The fourth-order valence-electron chi connectivity index (χ4n) is 3.12. The van der Waals surface area contributed by atoms with E-state index in [2.05, 4.69) is 20.9 Å². The second kappa shape index (κ2) is 3.32. The maximum Gasteiger partial charge on any atom is 0.336 e. The summed E-state index contributed by atoms with van der Waals surface area (Å²) in [6.07, 6.45) is 2.07. The number of aromatic nitrogens is 1. The minimum absolute atomic E-state index is 0.467. The standard InChI is InChI=1S/C14H10BrNO2/c15-7-1-2-8-11(5-7)16-13-9-3-6(9)4-10(13)12(8)14(17)18/h1-2,5-6,9H,3-4H2,(H,17,18). The summed E-state index contributed by atoms with van der Waals surface area (Å²) in [7, 11) is 0. The van der Waals surface area contributed by atoms with Gasteiger partial charge in [-0.25, -0.2) is 4.79 Å². The zero-order valence-electron chi connectivity index (χ0n) is 9.48. The lowest BCUT2D eigenvalue weighted by molar-refractivity contribution is 0.0698. The van der Waals surface area contributed by atoms with Gasteiger partial charge in [-0.15, -0.1) is 0 Å². The lowest BCUT2D eigenvalue weighted by Crippen LogP contribution is -2.06. The van der Waals surface area contributed by atoms with E-state index in [1.165, 1.54) is 6.42 Å². The van der Waals surface area contributed by atoms with E-state index in [1.54, 1.807) is 0 Å². The third kappa shape index (κ3) is 1.29. The van der Waals surface area contributed by atoms with Crippen LogP contribution < -0.4 is 0 Å². The number of pyridine rings is 1. The summed E-state index contributed by atoms with van der Waals surface area (Å²) in [4.78, 5) is 16.2. The van der Waals surface area contributed by atoms with Crippen molar-refractivity contribution in [3.05, 3.63) is 39.5 Å². The molecular formula is C14H10BrNO2. The Labute approximate surface area is 112 Å². The molecule has 4 rings (SSSR count). The van der Waals surface area contributed by atoms with E-state index in [4.69, 9.17) is 0 Å². The molecule has 0 bridgehead atoms. The lowest BCUT2D eigenvalue weighted by atomic mass is 9.99. The molecule has 1 fully saturated rings. The first-order chi connectivity index (χ1) is 8.65. The number of hydrogen-bond acceptors (Lipinski definition) is 2. The molecule has 0 spiro atoms. The number of hydrogen-bond donors (Lipinski definition) is 1. The van der Waals surface area contributed by atoms with Gasteiger partial charge in [-0.05, 0) is 36.5 Å². The highest BCUT2D eigenvalue weighted by Crippen LogP contribution is 2.56. The van der Waals surface area contributed by atoms with Gasteiger partial charge >= 0.3 is 5.97 Å². The maximum absolute atomic E-state index is 11.5. The van der Waals surface area contributed by atoms with Gasteiger partial charge < -0.3 is 5.11 Å². The van der Waals surface area contributed by atoms with E-state index < -0.39 is 5.97 Å². The number of benzene rings is 1. The topological polar surface area (TPSA) is 50.2 Å². The zero-order valence-corrected chi connectivity index (χ0v) is 11.1. The highest BCUT2D eigenvalue weighted by Gasteiger charge is 2.48. The molecule has 0 amide bonds. The van der Waals surface area contributed by atoms with E-state index in [0.29, 0.717) is 17.4 Å². The Hall–Kier alpha value is -1.42. The number of rotatable bonds is 1. The highest BCUT2D eigenvalue weighted by molar-refractivity contribution is 9.10. The van der Waals surface area contributed by atoms with Gasteiger partial charge in [0.25, 0.3) is 0 Å². The van der Waals surface area contributed by atoms with Crippen molar-refractivity contribution in [3.63, 3.8) is 0 Å². The largest absolute Gasteiger partial charge is 0.478 e. The van der Waals surface area contributed by atoms with E-state index in [9.17, 15) is 9.90 Å². The van der Waals surface area contributed by atoms with Crippen molar-refractivity contribution in [1.82, 2.24) is 4.98 Å². The lowest BCUT2D eigenvalue weighted by Gasteiger charge is -2.10. The summed E-state index contributed by atoms with van der Waals surface area (Å²) >= 11 is 3.41. The van der Waals surface area contributed by atoms with Crippen molar-refractivity contribution in [2.24, 2.45) is 5.92 Å². The van der Waals surface area contributed by atoms with Crippen LogP contribution in [0.25, 0.3) is 10.9 Å². The molecule has 90 valence electrons. The average molecular weight is 304 g/mol. The molecule has 2 atom stereocenters. The molecule has 1 aromatic heterocycles. The van der Waals surface area contributed by atoms with E-state index in [1.807, 2.05) is 18.2 Å². The minimum Gasteiger partial charge on any atom is -0.478 e. The smallest absolute Gasteiger partial charge is 0.336 e. The third-order valence-electron chi connectivity index (χ3n) is 4.03. The Morgan fingerprint density at radius 2 is 2.28 bits per heavy atom. The summed E-state index contributed by atoms with van der Waals surface area (Å²) < 4.78 is 0.934. The number of aromatic carboxylic acids is 1. The Balaban J connectivity index is 2.12. The van der Waals surface area contributed by atoms with Gasteiger partial charge in [-0.1, -0.05) is 22.0 Å². The number of halogens is 1. The van der Waals surface area contributed by atoms with Crippen LogP contribution >= 0.6 is 15.9 Å². The maximum atomic E-state index is 11.5. The van der Waals surface area contributed by atoms with Gasteiger partial charge in [0.1, 0.15) is 0 Å². The molecule has 0 saturated heterocycles. The van der Waals surface area contributed by atoms with Crippen LogP contribution in [-0.4, -0.2) is 16.1 Å². The normalized spacial score (nSPS) is 23.8. The van der Waals surface area contributed by atoms with Crippen molar-refractivity contribution < 1.29 is 9.90 Å². The van der Waals surface area contributed by atoms with Gasteiger partial charge in [-0.3, -0.25) is 4.98 Å². The Morgan fingerprint density at radius 1 is 1.44 bits per heavy atom. The van der Waals surface area contributed by atoms with Crippen molar-refractivity contribution in [2.45, 2.75) is 18.8 Å². The Bertz CT molecular complexity index is 710. The van der Waals surface area contributed by atoms with Crippen LogP contribution in [0.4, 0.5) is 0 Å². The molecule has 2 unspecified atom stereocenters. The van der Waals surface area contributed by atoms with Gasteiger partial charge in [0.2, 0.25) is 0 Å². The van der Waals surface area contributed by atoms with Crippen LogP contribution in [0, 0.1) is 5.92 Å². The second-order valence-corrected chi connectivity index (χ2v) is 6.04. The van der Waals surface area contributed by atoms with Gasteiger partial charge in [0.15, 0.2) is 0 Å². The summed E-state index contributed by atoms with van der Waals surface area (Å²) in [5.74, 6) is 0.328. The van der Waals surface area contributed by atoms with E-state index in [0.717, 1.165) is 33.1 Å². The third-order valence-corrected chi connectivity index (χ3v) is 4.53. The summed E-state index contributed by atoms with van der Waals surface area (Å²) in [5, 5.41) is 10.2. The molecule has 2 aliphatic carbocycles. The fourth-order valence-corrected chi connectivity index (χ4v) is 3.47. The van der Waals surface area contributed by atoms with Gasteiger partial charge in [0.05, 0.1) is 11.1 Å². The number of fused-ring (bicyclic) bond motifs is 4. The minimum atomic E-state index is -0.831. The van der Waals surface area contributed by atoms with Crippen LogP contribution in [-0.2, 0) is 6.42 Å². The highest BCUT2D eigenvalue weighted by atomic mass is 79.9. The van der Waals surface area contributed by atoms with Crippen LogP contribution in [0.15, 0.2) is 22.7 Å². The molecule has 3 nitrogen and oxygen atoms in total. The van der Waals surface area contributed by atoms with Crippen molar-refractivity contribution in [3.8, 4) is 0 Å². The summed E-state index contributed by atoms with van der Waals surface area (Å²) in [6, 6.07) is 5.62. The van der Waals surface area contributed by atoms with Crippen molar-refractivity contribution >= 4 is 32.8 Å². The number of carbonyl (C=O) groups is 1. The molecule has 1 heterocycles. The number of carboxylic acids is 1.